The third-order valence-electron chi connectivity index (χ3n) is 6.51. The van der Waals surface area contributed by atoms with Crippen LogP contribution in [0.5, 0.6) is 0 Å². The Bertz CT molecular complexity index is 1210. The number of ether oxygens (including phenoxy) is 1. The second-order valence-electron chi connectivity index (χ2n) is 9.27. The summed E-state index contributed by atoms with van der Waals surface area (Å²) >= 11 is 0. The molecule has 0 saturated heterocycles. The van der Waals surface area contributed by atoms with Crippen molar-refractivity contribution in [3.8, 4) is 0 Å². The summed E-state index contributed by atoms with van der Waals surface area (Å²) in [5, 5.41) is 0. The van der Waals surface area contributed by atoms with Crippen LogP contribution in [0.3, 0.4) is 0 Å². The van der Waals surface area contributed by atoms with Crippen molar-refractivity contribution in [3.05, 3.63) is 107 Å². The molecule has 1 aliphatic heterocycles. The van der Waals surface area contributed by atoms with Crippen LogP contribution in [0, 0.1) is 0 Å². The van der Waals surface area contributed by atoms with Gasteiger partial charge < -0.3 is 14.5 Å². The van der Waals surface area contributed by atoms with Gasteiger partial charge in [-0.2, -0.15) is 0 Å². The van der Waals surface area contributed by atoms with Gasteiger partial charge in [0.25, 0.3) is 0 Å². The molecule has 1 heterocycles. The highest BCUT2D eigenvalue weighted by atomic mass is 31.2. The van der Waals surface area contributed by atoms with Crippen LogP contribution in [0.4, 0.5) is 0 Å². The van der Waals surface area contributed by atoms with Crippen LogP contribution in [-0.2, 0) is 44.9 Å². The molecule has 1 unspecified atom stereocenters. The molecule has 4 rings (SSSR count). The molecule has 6 nitrogen and oxygen atoms in total. The maximum Gasteiger partial charge on any atom is 0.329 e. The number of carbonyl (C=O) groups excluding carboxylic acids is 2. The summed E-state index contributed by atoms with van der Waals surface area (Å²) in [6, 6.07) is 26.2. The lowest BCUT2D eigenvalue weighted by molar-refractivity contribution is -0.156. The second kappa shape index (κ2) is 12.2. The van der Waals surface area contributed by atoms with E-state index in [0.29, 0.717) is 12.8 Å². The number of rotatable bonds is 10. The highest BCUT2D eigenvalue weighted by molar-refractivity contribution is 7.58. The van der Waals surface area contributed by atoms with Gasteiger partial charge in [-0.25, -0.2) is 4.79 Å². The summed E-state index contributed by atoms with van der Waals surface area (Å²) in [6.45, 7) is 0.327. The van der Waals surface area contributed by atoms with Gasteiger partial charge in [0.05, 0.1) is 0 Å². The van der Waals surface area contributed by atoms with Gasteiger partial charge in [0.1, 0.15) is 18.8 Å². The number of hydrogen-bond acceptors (Lipinski definition) is 4. The molecule has 7 heteroatoms. The van der Waals surface area contributed by atoms with E-state index in [1.54, 1.807) is 0 Å². The second-order valence-corrected chi connectivity index (χ2v) is 11.7. The average molecular weight is 506 g/mol. The lowest BCUT2D eigenvalue weighted by Gasteiger charge is -2.35. The van der Waals surface area contributed by atoms with Gasteiger partial charge in [-0.05, 0) is 41.5 Å². The van der Waals surface area contributed by atoms with Gasteiger partial charge >= 0.3 is 5.97 Å². The van der Waals surface area contributed by atoms with Crippen LogP contribution in [-0.4, -0.2) is 40.0 Å². The van der Waals surface area contributed by atoms with E-state index in [2.05, 4.69) is 0 Å². The Labute approximate surface area is 212 Å². The molecule has 1 amide bonds. The molecule has 188 valence electrons. The molecule has 0 saturated carbocycles. The summed E-state index contributed by atoms with van der Waals surface area (Å²) < 4.78 is 18.5. The summed E-state index contributed by atoms with van der Waals surface area (Å²) in [5.41, 5.74) is 3.96. The van der Waals surface area contributed by atoms with Gasteiger partial charge in [-0.3, -0.25) is 9.36 Å². The normalized spacial score (nSPS) is 16.6. The number of fused-ring (bicyclic) bond motifs is 1. The maximum absolute atomic E-state index is 13.3. The minimum atomic E-state index is -3.68. The van der Waals surface area contributed by atoms with E-state index in [1.807, 2.05) is 84.9 Å². The monoisotopic (exact) mass is 505 g/mol. The molecular weight excluding hydrogens is 473 g/mol. The molecule has 3 aromatic rings. The zero-order valence-corrected chi connectivity index (χ0v) is 21.2. The lowest BCUT2D eigenvalue weighted by Crippen LogP contribution is -2.50. The number of hydrogen-bond donors (Lipinski definition) is 1. The van der Waals surface area contributed by atoms with Crippen LogP contribution in [0.1, 0.15) is 35.1 Å². The summed E-state index contributed by atoms with van der Waals surface area (Å²) in [7, 11) is -3.68. The Hall–Kier alpha value is -3.21. The van der Waals surface area contributed by atoms with Crippen LogP contribution in [0.2, 0.25) is 0 Å². The summed E-state index contributed by atoms with van der Waals surface area (Å²) in [4.78, 5) is 38.3. The van der Waals surface area contributed by atoms with Gasteiger partial charge in [0, 0.05) is 19.1 Å². The molecular formula is C29H32NO5P. The van der Waals surface area contributed by atoms with Crippen LogP contribution < -0.4 is 0 Å². The van der Waals surface area contributed by atoms with E-state index in [9.17, 15) is 19.0 Å². The zero-order chi connectivity index (χ0) is 25.4. The Kier molecular flexibility index (Phi) is 8.74. The molecule has 2 atom stereocenters. The molecule has 0 spiro atoms. The Morgan fingerprint density at radius 1 is 0.861 bits per heavy atom. The van der Waals surface area contributed by atoms with Crippen molar-refractivity contribution in [3.63, 3.8) is 0 Å². The van der Waals surface area contributed by atoms with Gasteiger partial charge in [0.15, 0.2) is 0 Å². The van der Waals surface area contributed by atoms with Gasteiger partial charge in [0.2, 0.25) is 13.3 Å². The number of esters is 1. The van der Waals surface area contributed by atoms with Crippen molar-refractivity contribution in [2.45, 2.75) is 44.9 Å². The fourth-order valence-corrected chi connectivity index (χ4v) is 6.01. The summed E-state index contributed by atoms with van der Waals surface area (Å²) in [6.07, 6.45) is 2.09. The molecule has 1 N–H and O–H groups in total. The quantitative estimate of drug-likeness (QED) is 0.239. The van der Waals surface area contributed by atoms with E-state index in [4.69, 9.17) is 4.74 Å². The van der Waals surface area contributed by atoms with Crippen molar-refractivity contribution < 1.29 is 23.8 Å². The van der Waals surface area contributed by atoms with E-state index >= 15 is 0 Å². The van der Waals surface area contributed by atoms with Crippen molar-refractivity contribution >= 4 is 19.2 Å². The number of nitrogens with zero attached hydrogens (tertiary/aromatic N) is 1. The molecule has 1 aliphatic rings. The van der Waals surface area contributed by atoms with Crippen molar-refractivity contribution in [2.24, 2.45) is 0 Å². The largest absolute Gasteiger partial charge is 0.459 e. The molecule has 36 heavy (non-hydrogen) atoms. The first kappa shape index (κ1) is 25.9. The Balaban J connectivity index is 1.38. The van der Waals surface area contributed by atoms with Gasteiger partial charge in [-0.15, -0.1) is 0 Å². The third kappa shape index (κ3) is 7.16. The smallest absolute Gasteiger partial charge is 0.329 e. The molecule has 0 fully saturated rings. The van der Waals surface area contributed by atoms with Crippen LogP contribution in [0.25, 0.3) is 0 Å². The zero-order valence-electron chi connectivity index (χ0n) is 20.3. The fourth-order valence-electron chi connectivity index (χ4n) is 4.53. The van der Waals surface area contributed by atoms with Crippen molar-refractivity contribution in [1.29, 1.82) is 0 Å². The van der Waals surface area contributed by atoms with Crippen LogP contribution in [0.15, 0.2) is 84.9 Å². The molecule has 0 bridgehead atoms. The number of amides is 1. The van der Waals surface area contributed by atoms with Crippen molar-refractivity contribution in [1.82, 2.24) is 4.90 Å². The SMILES string of the molecule is O=C(OCc1ccccc1)[C@@H]1Cc2ccccc2CN1C(=O)CP(=O)(O)CCCCc1ccccc1. The van der Waals surface area contributed by atoms with E-state index in [0.717, 1.165) is 29.5 Å². The van der Waals surface area contributed by atoms with E-state index in [-0.39, 0.29) is 19.3 Å². The molecule has 0 aromatic heterocycles. The highest BCUT2D eigenvalue weighted by Gasteiger charge is 2.37. The first-order valence-corrected chi connectivity index (χ1v) is 14.4. The minimum Gasteiger partial charge on any atom is -0.459 e. The highest BCUT2D eigenvalue weighted by Crippen LogP contribution is 2.42. The topological polar surface area (TPSA) is 83.9 Å². The minimum absolute atomic E-state index is 0.0825. The van der Waals surface area contributed by atoms with E-state index < -0.39 is 31.4 Å². The van der Waals surface area contributed by atoms with Crippen LogP contribution >= 0.6 is 7.37 Å². The standard InChI is InChI=1S/C29H32NO5P/c31-28(22-36(33,34)18-10-9-13-23-11-3-1-4-12-23)30-20-26-17-8-7-16-25(26)19-27(30)29(32)35-21-24-14-5-2-6-15-24/h1-8,11-12,14-17,27H,9-10,13,18-22H2,(H,33,34)/t27-/m0/s1. The summed E-state index contributed by atoms with van der Waals surface area (Å²) in [5.74, 6) is -0.989. The molecule has 0 radical (unpaired) electrons. The maximum atomic E-state index is 13.3. The fraction of sp³-hybridized carbons (Fsp3) is 0.310. The number of benzene rings is 3. The van der Waals surface area contributed by atoms with E-state index in [1.165, 1.54) is 10.5 Å². The average Bonchev–Trinajstić information content (AvgIpc) is 2.90. The Morgan fingerprint density at radius 2 is 1.47 bits per heavy atom. The number of unbranched alkanes of at least 4 members (excludes halogenated alkanes) is 1. The predicted octanol–water partition coefficient (Wildman–Crippen LogP) is 4.98. The number of aryl methyl sites for hydroxylation is 1. The van der Waals surface area contributed by atoms with Gasteiger partial charge in [-0.1, -0.05) is 84.9 Å². The first-order valence-electron chi connectivity index (χ1n) is 12.3. The lowest BCUT2D eigenvalue weighted by atomic mass is 9.94. The Morgan fingerprint density at radius 3 is 2.17 bits per heavy atom. The number of carbonyl (C=O) groups is 2. The predicted molar refractivity (Wildman–Crippen MR) is 140 cm³/mol. The first-order chi connectivity index (χ1) is 17.4. The molecule has 0 aliphatic carbocycles. The third-order valence-corrected chi connectivity index (χ3v) is 8.29. The molecule has 3 aromatic carbocycles. The van der Waals surface area contributed by atoms with Crippen molar-refractivity contribution in [2.75, 3.05) is 12.3 Å².